The molecule has 110 valence electrons. The van der Waals surface area contributed by atoms with Crippen molar-refractivity contribution in [3.05, 3.63) is 40.1 Å². The molecule has 1 aliphatic rings. The fourth-order valence-electron chi connectivity index (χ4n) is 3.16. The smallest absolute Gasteiger partial charge is 0.336 e. The Morgan fingerprint density at radius 2 is 2.14 bits per heavy atom. The summed E-state index contributed by atoms with van der Waals surface area (Å²) in [5.74, 6) is -0.876. The number of carboxylic acids is 1. The Kier molecular flexibility index (Phi) is 3.41. The zero-order valence-corrected chi connectivity index (χ0v) is 12.6. The summed E-state index contributed by atoms with van der Waals surface area (Å²) in [6.07, 6.45) is 2.38. The molecule has 1 aromatic heterocycles. The van der Waals surface area contributed by atoms with Gasteiger partial charge in [-0.05, 0) is 43.4 Å². The van der Waals surface area contributed by atoms with Gasteiger partial charge < -0.3 is 9.84 Å². The molecule has 0 radical (unpaired) electrons. The van der Waals surface area contributed by atoms with Gasteiger partial charge in [-0.2, -0.15) is 0 Å². The van der Waals surface area contributed by atoms with Crippen LogP contribution >= 0.6 is 0 Å². The van der Waals surface area contributed by atoms with Crippen LogP contribution in [0.15, 0.2) is 12.1 Å². The van der Waals surface area contributed by atoms with Crippen molar-refractivity contribution in [2.45, 2.75) is 39.2 Å². The molecule has 1 aliphatic carbocycles. The van der Waals surface area contributed by atoms with Gasteiger partial charge in [-0.1, -0.05) is 12.1 Å². The van der Waals surface area contributed by atoms with Crippen LogP contribution in [0.3, 0.4) is 0 Å². The molecule has 4 nitrogen and oxygen atoms in total. The lowest BCUT2D eigenvalue weighted by molar-refractivity contribution is 0.0690. The van der Waals surface area contributed by atoms with Crippen molar-refractivity contribution in [3.63, 3.8) is 0 Å². The average molecular weight is 285 g/mol. The number of carboxylic acid groups (broad SMARTS) is 1. The zero-order chi connectivity index (χ0) is 15.1. The van der Waals surface area contributed by atoms with Crippen LogP contribution in [0, 0.1) is 13.8 Å². The Hall–Kier alpha value is -1.94. The number of ether oxygens (including phenoxy) is 1. The van der Waals surface area contributed by atoms with Crippen LogP contribution in [-0.4, -0.2) is 29.3 Å². The van der Waals surface area contributed by atoms with Gasteiger partial charge in [-0.25, -0.2) is 4.79 Å². The van der Waals surface area contributed by atoms with Crippen molar-refractivity contribution >= 4 is 16.9 Å². The lowest BCUT2D eigenvalue weighted by Gasteiger charge is -2.25. The first-order valence-electron chi connectivity index (χ1n) is 7.20. The Morgan fingerprint density at radius 1 is 1.38 bits per heavy atom. The first kappa shape index (κ1) is 14.0. The maximum Gasteiger partial charge on any atom is 0.336 e. The molecule has 0 bridgehead atoms. The number of hydrogen-bond donors (Lipinski definition) is 1. The van der Waals surface area contributed by atoms with Gasteiger partial charge in [-0.3, -0.25) is 4.98 Å². The maximum atomic E-state index is 11.8. The summed E-state index contributed by atoms with van der Waals surface area (Å²) in [6.45, 7) is 4.03. The molecule has 0 amide bonds. The number of aromatic nitrogens is 1. The molecule has 0 fully saturated rings. The standard InChI is InChI=1S/C17H19NO3/c1-9-4-6-12-15(17(19)20)13-8-11(21-3)5-7-14(13)18-16(12)10(9)2/h4,6,11H,5,7-8H2,1-3H3,(H,19,20). The van der Waals surface area contributed by atoms with E-state index in [-0.39, 0.29) is 6.10 Å². The molecule has 0 saturated heterocycles. The predicted molar refractivity (Wildman–Crippen MR) is 81.0 cm³/mol. The van der Waals surface area contributed by atoms with Gasteiger partial charge >= 0.3 is 5.97 Å². The van der Waals surface area contributed by atoms with Crippen molar-refractivity contribution in [2.75, 3.05) is 7.11 Å². The number of pyridine rings is 1. The lowest BCUT2D eigenvalue weighted by atomic mass is 9.87. The molecule has 1 atom stereocenters. The van der Waals surface area contributed by atoms with Crippen molar-refractivity contribution in [1.82, 2.24) is 4.98 Å². The maximum absolute atomic E-state index is 11.8. The van der Waals surface area contributed by atoms with Crippen LogP contribution in [0.2, 0.25) is 0 Å². The fraction of sp³-hybridized carbons (Fsp3) is 0.412. The second-order valence-corrected chi connectivity index (χ2v) is 5.72. The van der Waals surface area contributed by atoms with Crippen LogP contribution in [0.5, 0.6) is 0 Å². The third-order valence-electron chi connectivity index (χ3n) is 4.55. The quantitative estimate of drug-likeness (QED) is 0.921. The number of aromatic carboxylic acids is 1. The molecule has 1 aromatic carbocycles. The van der Waals surface area contributed by atoms with E-state index in [0.29, 0.717) is 12.0 Å². The van der Waals surface area contributed by atoms with E-state index in [1.54, 1.807) is 7.11 Å². The minimum atomic E-state index is -0.876. The molecular formula is C17H19NO3. The van der Waals surface area contributed by atoms with Crippen LogP contribution in [0.1, 0.15) is 39.2 Å². The lowest BCUT2D eigenvalue weighted by Crippen LogP contribution is -2.24. The largest absolute Gasteiger partial charge is 0.478 e. The predicted octanol–water partition coefficient (Wildman–Crippen LogP) is 3.05. The van der Waals surface area contributed by atoms with Crippen molar-refractivity contribution in [2.24, 2.45) is 0 Å². The Morgan fingerprint density at radius 3 is 2.81 bits per heavy atom. The molecule has 4 heteroatoms. The van der Waals surface area contributed by atoms with Crippen LogP contribution in [-0.2, 0) is 17.6 Å². The first-order chi connectivity index (χ1) is 10.0. The molecule has 1 N–H and O–H groups in total. The number of fused-ring (bicyclic) bond motifs is 2. The highest BCUT2D eigenvalue weighted by Gasteiger charge is 2.27. The van der Waals surface area contributed by atoms with E-state index in [4.69, 9.17) is 9.72 Å². The highest BCUT2D eigenvalue weighted by Crippen LogP contribution is 2.32. The van der Waals surface area contributed by atoms with Crippen LogP contribution in [0.4, 0.5) is 0 Å². The van der Waals surface area contributed by atoms with Crippen molar-refractivity contribution < 1.29 is 14.6 Å². The third-order valence-corrected chi connectivity index (χ3v) is 4.55. The minimum Gasteiger partial charge on any atom is -0.478 e. The number of aryl methyl sites for hydroxylation is 3. The normalized spacial score (nSPS) is 17.8. The number of rotatable bonds is 2. The van der Waals surface area contributed by atoms with Gasteiger partial charge in [0.1, 0.15) is 0 Å². The van der Waals surface area contributed by atoms with Gasteiger partial charge in [0.15, 0.2) is 0 Å². The fourth-order valence-corrected chi connectivity index (χ4v) is 3.16. The minimum absolute atomic E-state index is 0.0846. The molecule has 1 unspecified atom stereocenters. The molecule has 1 heterocycles. The molecule has 0 aliphatic heterocycles. The van der Waals surface area contributed by atoms with E-state index < -0.39 is 5.97 Å². The summed E-state index contributed by atoms with van der Waals surface area (Å²) in [7, 11) is 1.68. The van der Waals surface area contributed by atoms with E-state index in [9.17, 15) is 9.90 Å². The second kappa shape index (κ2) is 5.11. The Labute approximate surface area is 123 Å². The summed E-state index contributed by atoms with van der Waals surface area (Å²) in [5.41, 5.74) is 5.18. The monoisotopic (exact) mass is 285 g/mol. The number of benzene rings is 1. The van der Waals surface area contributed by atoms with Gasteiger partial charge in [0.25, 0.3) is 0 Å². The van der Waals surface area contributed by atoms with Crippen LogP contribution < -0.4 is 0 Å². The zero-order valence-electron chi connectivity index (χ0n) is 12.6. The summed E-state index contributed by atoms with van der Waals surface area (Å²) >= 11 is 0. The van der Waals surface area contributed by atoms with Gasteiger partial charge in [-0.15, -0.1) is 0 Å². The second-order valence-electron chi connectivity index (χ2n) is 5.72. The summed E-state index contributed by atoms with van der Waals surface area (Å²) in [5, 5.41) is 10.4. The molecule has 3 rings (SSSR count). The highest BCUT2D eigenvalue weighted by atomic mass is 16.5. The molecule has 0 saturated carbocycles. The van der Waals surface area contributed by atoms with Gasteiger partial charge in [0, 0.05) is 24.6 Å². The summed E-state index contributed by atoms with van der Waals surface area (Å²) in [6, 6.07) is 3.85. The molecular weight excluding hydrogens is 266 g/mol. The Bertz CT molecular complexity index is 737. The van der Waals surface area contributed by atoms with Gasteiger partial charge in [0.2, 0.25) is 0 Å². The number of nitrogens with zero attached hydrogens (tertiary/aromatic N) is 1. The van der Waals surface area contributed by atoms with Crippen LogP contribution in [0.25, 0.3) is 10.9 Å². The van der Waals surface area contributed by atoms with E-state index in [1.165, 1.54) is 0 Å². The Balaban J connectivity index is 2.34. The summed E-state index contributed by atoms with van der Waals surface area (Å²) < 4.78 is 5.42. The van der Waals surface area contributed by atoms with E-state index >= 15 is 0 Å². The van der Waals surface area contributed by atoms with E-state index in [0.717, 1.165) is 46.1 Å². The molecule has 21 heavy (non-hydrogen) atoms. The van der Waals surface area contributed by atoms with Gasteiger partial charge in [0.05, 0.1) is 17.2 Å². The SMILES string of the molecule is COC1CCc2nc3c(C)c(C)ccc3c(C(=O)O)c2C1. The number of carbonyl (C=O) groups is 1. The van der Waals surface area contributed by atoms with Crippen molar-refractivity contribution in [1.29, 1.82) is 0 Å². The molecule has 2 aromatic rings. The van der Waals surface area contributed by atoms with E-state index in [1.807, 2.05) is 26.0 Å². The number of methoxy groups -OCH3 is 1. The first-order valence-corrected chi connectivity index (χ1v) is 7.20. The van der Waals surface area contributed by atoms with Crippen molar-refractivity contribution in [3.8, 4) is 0 Å². The summed E-state index contributed by atoms with van der Waals surface area (Å²) in [4.78, 5) is 16.6. The molecule has 0 spiro atoms. The third kappa shape index (κ3) is 2.20. The van der Waals surface area contributed by atoms with E-state index in [2.05, 4.69) is 0 Å². The highest BCUT2D eigenvalue weighted by molar-refractivity contribution is 6.05. The number of hydrogen-bond acceptors (Lipinski definition) is 3. The topological polar surface area (TPSA) is 59.4 Å². The average Bonchev–Trinajstić information content (AvgIpc) is 2.48.